The van der Waals surface area contributed by atoms with Gasteiger partial charge in [-0.05, 0) is 29.8 Å². The third kappa shape index (κ3) is 7.06. The van der Waals surface area contributed by atoms with Crippen molar-refractivity contribution >= 4 is 23.6 Å². The Labute approximate surface area is 195 Å². The summed E-state index contributed by atoms with van der Waals surface area (Å²) in [6.45, 7) is 0.115. The van der Waals surface area contributed by atoms with E-state index in [1.54, 1.807) is 49.6 Å². The molecule has 0 aliphatic heterocycles. The molecule has 1 atom stereocenters. The van der Waals surface area contributed by atoms with Crippen LogP contribution in [0.1, 0.15) is 5.56 Å². The van der Waals surface area contributed by atoms with Gasteiger partial charge < -0.3 is 30.6 Å². The van der Waals surface area contributed by atoms with Gasteiger partial charge in [-0.1, -0.05) is 23.7 Å². The average molecular weight is 472 g/mol. The minimum atomic E-state index is -0.970. The molecule has 2 aromatic carbocycles. The predicted octanol–water partition coefficient (Wildman–Crippen LogP) is 2.66. The van der Waals surface area contributed by atoms with E-state index in [0.717, 1.165) is 5.56 Å². The van der Waals surface area contributed by atoms with Gasteiger partial charge >= 0.3 is 6.09 Å². The first-order valence-electron chi connectivity index (χ1n) is 9.80. The molecule has 1 aromatic heterocycles. The van der Waals surface area contributed by atoms with E-state index in [1.807, 2.05) is 0 Å². The molecule has 4 N–H and O–H groups in total. The highest BCUT2D eigenvalue weighted by molar-refractivity contribution is 6.32. The lowest BCUT2D eigenvalue weighted by Gasteiger charge is -2.16. The number of halogens is 1. The maximum atomic E-state index is 12.4. The monoisotopic (exact) mass is 471 g/mol. The number of aromatic nitrogens is 2. The van der Waals surface area contributed by atoms with Crippen LogP contribution in [0, 0.1) is 0 Å². The van der Waals surface area contributed by atoms with Crippen molar-refractivity contribution in [2.45, 2.75) is 12.6 Å². The molecule has 11 heteroatoms. The molecular weight excluding hydrogens is 450 g/mol. The number of carbonyl (C=O) groups is 2. The van der Waals surface area contributed by atoms with Crippen molar-refractivity contribution in [1.29, 1.82) is 0 Å². The molecule has 33 heavy (non-hydrogen) atoms. The van der Waals surface area contributed by atoms with Gasteiger partial charge in [0.25, 0.3) is 0 Å². The minimum Gasteiger partial charge on any atom is -0.497 e. The molecule has 172 valence electrons. The van der Waals surface area contributed by atoms with Crippen molar-refractivity contribution in [2.24, 2.45) is 5.73 Å². The smallest absolute Gasteiger partial charge is 0.413 e. The SMILES string of the molecule is COc1ccc(Oc2ccc(CNC(=O)[C@@H](CN)NC(=O)Oc3cncnc3)cc2)c(Cl)c1. The van der Waals surface area contributed by atoms with Gasteiger partial charge in [0.2, 0.25) is 5.91 Å². The van der Waals surface area contributed by atoms with Gasteiger partial charge in [0.15, 0.2) is 5.75 Å². The van der Waals surface area contributed by atoms with Crippen LogP contribution in [-0.4, -0.2) is 41.7 Å². The third-order valence-corrected chi connectivity index (χ3v) is 4.64. The molecule has 0 saturated heterocycles. The number of benzene rings is 2. The first kappa shape index (κ1) is 23.8. The van der Waals surface area contributed by atoms with Gasteiger partial charge in [-0.2, -0.15) is 0 Å². The number of nitrogens with zero attached hydrogens (tertiary/aromatic N) is 2. The lowest BCUT2D eigenvalue weighted by molar-refractivity contribution is -0.122. The van der Waals surface area contributed by atoms with Crippen LogP contribution >= 0.6 is 11.6 Å². The van der Waals surface area contributed by atoms with Gasteiger partial charge in [-0.15, -0.1) is 0 Å². The molecule has 3 aromatic rings. The van der Waals surface area contributed by atoms with E-state index < -0.39 is 18.0 Å². The van der Waals surface area contributed by atoms with Crippen molar-refractivity contribution in [2.75, 3.05) is 13.7 Å². The molecule has 0 bridgehead atoms. The van der Waals surface area contributed by atoms with Crippen LogP contribution < -0.4 is 30.6 Å². The fourth-order valence-electron chi connectivity index (χ4n) is 2.65. The summed E-state index contributed by atoms with van der Waals surface area (Å²) in [6.07, 6.45) is 3.10. The number of hydrogen-bond acceptors (Lipinski definition) is 8. The number of methoxy groups -OCH3 is 1. The summed E-state index contributed by atoms with van der Waals surface area (Å²) < 4.78 is 15.9. The molecule has 0 radical (unpaired) electrons. The summed E-state index contributed by atoms with van der Waals surface area (Å²) in [5, 5.41) is 5.55. The minimum absolute atomic E-state index is 0.110. The number of nitrogens with two attached hydrogens (primary N) is 1. The maximum absolute atomic E-state index is 12.4. The zero-order valence-electron chi connectivity index (χ0n) is 17.7. The first-order chi connectivity index (χ1) is 16.0. The standard InChI is InChI=1S/C22H22ClN5O5/c1-31-16-6-7-20(18(23)8-16)32-15-4-2-14(3-5-15)10-27-21(29)19(9-24)28-22(30)33-17-11-25-13-26-12-17/h2-8,11-13,19H,9-10,24H2,1H3,(H,27,29)(H,28,30)/t19-/m1/s1. The summed E-state index contributed by atoms with van der Waals surface area (Å²) in [6, 6.07) is 11.2. The topological polar surface area (TPSA) is 138 Å². The van der Waals surface area contributed by atoms with Gasteiger partial charge in [0.1, 0.15) is 29.6 Å². The van der Waals surface area contributed by atoms with Crippen molar-refractivity contribution in [1.82, 2.24) is 20.6 Å². The zero-order chi connectivity index (χ0) is 23.6. The first-order valence-corrected chi connectivity index (χ1v) is 10.2. The highest BCUT2D eigenvalue weighted by Crippen LogP contribution is 2.32. The average Bonchev–Trinajstić information content (AvgIpc) is 2.83. The molecule has 2 amide bonds. The van der Waals surface area contributed by atoms with Gasteiger partial charge in [0.05, 0.1) is 24.5 Å². The Bertz CT molecular complexity index is 1080. The summed E-state index contributed by atoms with van der Waals surface area (Å²) in [5.74, 6) is 1.38. The molecule has 0 saturated carbocycles. The summed E-state index contributed by atoms with van der Waals surface area (Å²) in [4.78, 5) is 31.8. The van der Waals surface area contributed by atoms with Crippen molar-refractivity contribution in [3.8, 4) is 23.0 Å². The number of carbonyl (C=O) groups excluding carboxylic acids is 2. The Balaban J connectivity index is 1.50. The molecule has 1 heterocycles. The van der Waals surface area contributed by atoms with Crippen LogP contribution in [0.25, 0.3) is 0 Å². The van der Waals surface area contributed by atoms with E-state index in [1.165, 1.54) is 18.7 Å². The van der Waals surface area contributed by atoms with E-state index in [0.29, 0.717) is 22.3 Å². The van der Waals surface area contributed by atoms with Crippen molar-refractivity contribution < 1.29 is 23.8 Å². The van der Waals surface area contributed by atoms with Crippen LogP contribution in [0.5, 0.6) is 23.0 Å². The Morgan fingerprint density at radius 2 is 1.76 bits per heavy atom. The highest BCUT2D eigenvalue weighted by atomic mass is 35.5. The Kier molecular flexibility index (Phi) is 8.39. The Morgan fingerprint density at radius 1 is 1.06 bits per heavy atom. The molecule has 0 spiro atoms. The van der Waals surface area contributed by atoms with Crippen LogP contribution in [0.2, 0.25) is 5.02 Å². The van der Waals surface area contributed by atoms with E-state index in [2.05, 4.69) is 20.6 Å². The number of amides is 2. The van der Waals surface area contributed by atoms with E-state index in [-0.39, 0.29) is 18.8 Å². The largest absolute Gasteiger partial charge is 0.497 e. The fraction of sp³-hybridized carbons (Fsp3) is 0.182. The summed E-state index contributed by atoms with van der Waals surface area (Å²) in [5.41, 5.74) is 6.43. The van der Waals surface area contributed by atoms with Crippen LogP contribution in [-0.2, 0) is 11.3 Å². The summed E-state index contributed by atoms with van der Waals surface area (Å²) in [7, 11) is 1.56. The molecular formula is C22H22ClN5O5. The zero-order valence-corrected chi connectivity index (χ0v) is 18.4. The number of nitrogens with one attached hydrogen (secondary N) is 2. The lowest BCUT2D eigenvalue weighted by Crippen LogP contribution is -2.51. The van der Waals surface area contributed by atoms with Gasteiger partial charge in [-0.25, -0.2) is 14.8 Å². The van der Waals surface area contributed by atoms with Gasteiger partial charge in [-0.3, -0.25) is 4.79 Å². The van der Waals surface area contributed by atoms with E-state index in [4.69, 9.17) is 31.5 Å². The second-order valence-electron chi connectivity index (χ2n) is 6.66. The maximum Gasteiger partial charge on any atom is 0.413 e. The third-order valence-electron chi connectivity index (χ3n) is 4.35. The quantitative estimate of drug-likeness (QED) is 0.433. The number of ether oxygens (including phenoxy) is 3. The lowest BCUT2D eigenvalue weighted by atomic mass is 10.2. The molecule has 0 unspecified atom stereocenters. The predicted molar refractivity (Wildman–Crippen MR) is 120 cm³/mol. The number of rotatable bonds is 9. The molecule has 10 nitrogen and oxygen atoms in total. The van der Waals surface area contributed by atoms with Crippen LogP contribution in [0.3, 0.4) is 0 Å². The van der Waals surface area contributed by atoms with Crippen molar-refractivity contribution in [3.05, 3.63) is 71.8 Å². The normalized spacial score (nSPS) is 11.2. The molecule has 3 rings (SSSR count). The van der Waals surface area contributed by atoms with Gasteiger partial charge in [0, 0.05) is 19.2 Å². The highest BCUT2D eigenvalue weighted by Gasteiger charge is 2.20. The Hall–Kier alpha value is -3.89. The fourth-order valence-corrected chi connectivity index (χ4v) is 2.86. The molecule has 0 aliphatic carbocycles. The molecule has 0 fully saturated rings. The van der Waals surface area contributed by atoms with E-state index >= 15 is 0 Å². The molecule has 0 aliphatic rings. The van der Waals surface area contributed by atoms with E-state index in [9.17, 15) is 9.59 Å². The number of hydrogen-bond donors (Lipinski definition) is 3. The second-order valence-corrected chi connectivity index (χ2v) is 7.06. The Morgan fingerprint density at radius 3 is 2.39 bits per heavy atom. The van der Waals surface area contributed by atoms with Crippen molar-refractivity contribution in [3.63, 3.8) is 0 Å². The summed E-state index contributed by atoms with van der Waals surface area (Å²) >= 11 is 6.19. The van der Waals surface area contributed by atoms with Crippen LogP contribution in [0.15, 0.2) is 61.2 Å². The van der Waals surface area contributed by atoms with Crippen LogP contribution in [0.4, 0.5) is 4.79 Å². The second kappa shape index (κ2) is 11.7.